The van der Waals surface area contributed by atoms with Gasteiger partial charge in [0.15, 0.2) is 5.82 Å². The monoisotopic (exact) mass is 444 g/mol. The summed E-state index contributed by atoms with van der Waals surface area (Å²) in [6.07, 6.45) is -4.82. The van der Waals surface area contributed by atoms with Crippen molar-refractivity contribution in [2.24, 2.45) is 11.8 Å². The van der Waals surface area contributed by atoms with E-state index in [0.29, 0.717) is 16.9 Å². The van der Waals surface area contributed by atoms with E-state index in [1.165, 1.54) is 22.9 Å². The first-order valence-electron chi connectivity index (χ1n) is 9.81. The number of aromatic nitrogens is 2. The first kappa shape index (κ1) is 21.4. The van der Waals surface area contributed by atoms with Crippen LogP contribution in [-0.4, -0.2) is 34.5 Å². The van der Waals surface area contributed by atoms with Gasteiger partial charge in [-0.1, -0.05) is 37.3 Å². The molecule has 0 saturated carbocycles. The van der Waals surface area contributed by atoms with Gasteiger partial charge in [0.1, 0.15) is 5.75 Å². The van der Waals surface area contributed by atoms with Crippen LogP contribution in [0.25, 0.3) is 16.9 Å². The Hall–Kier alpha value is -3.82. The Morgan fingerprint density at radius 3 is 2.56 bits per heavy atom. The van der Waals surface area contributed by atoms with Crippen molar-refractivity contribution >= 4 is 17.6 Å². The zero-order valence-corrected chi connectivity index (χ0v) is 16.9. The van der Waals surface area contributed by atoms with E-state index in [2.05, 4.69) is 20.5 Å². The summed E-state index contributed by atoms with van der Waals surface area (Å²) in [5.74, 6) is -1.73. The molecule has 0 spiro atoms. The van der Waals surface area contributed by atoms with E-state index in [1.807, 2.05) is 6.07 Å². The second-order valence-electron chi connectivity index (χ2n) is 7.37. The van der Waals surface area contributed by atoms with Crippen LogP contribution in [0.15, 0.2) is 60.7 Å². The summed E-state index contributed by atoms with van der Waals surface area (Å²) in [6, 6.07) is 16.0. The Morgan fingerprint density at radius 2 is 1.91 bits per heavy atom. The van der Waals surface area contributed by atoms with Crippen molar-refractivity contribution in [3.05, 3.63) is 60.7 Å². The number of ether oxygens (including phenoxy) is 1. The van der Waals surface area contributed by atoms with E-state index in [4.69, 9.17) is 0 Å². The average molecular weight is 444 g/mol. The molecule has 2 N–H and O–H groups in total. The third kappa shape index (κ3) is 4.58. The molecular formula is C22H19F3N4O3. The summed E-state index contributed by atoms with van der Waals surface area (Å²) < 4.78 is 43.5. The third-order valence-electron chi connectivity index (χ3n) is 5.17. The van der Waals surface area contributed by atoms with Crippen LogP contribution >= 0.6 is 0 Å². The van der Waals surface area contributed by atoms with Crippen LogP contribution in [0.1, 0.15) is 6.92 Å². The summed E-state index contributed by atoms with van der Waals surface area (Å²) >= 11 is 0. The van der Waals surface area contributed by atoms with Gasteiger partial charge in [0.2, 0.25) is 11.8 Å². The maximum Gasteiger partial charge on any atom is 0.573 e. The quantitative estimate of drug-likeness (QED) is 0.628. The number of halogens is 3. The molecule has 1 fully saturated rings. The number of hydrogen-bond donors (Lipinski definition) is 2. The molecule has 2 atom stereocenters. The van der Waals surface area contributed by atoms with Crippen molar-refractivity contribution in [1.29, 1.82) is 0 Å². The standard InChI is InChI=1S/C22H19F3N4O3/c1-13-17(12-26-20(13)30)21(31)27-19-11-18(29(28-19)15-7-3-2-4-8-15)14-6-5-9-16(10-14)32-22(23,24)25/h2-11,13,17H,12H2,1H3,(H,26,30)(H,27,28,31)/t13-,17+/m1/s1. The smallest absolute Gasteiger partial charge is 0.406 e. The molecule has 0 radical (unpaired) electrons. The SMILES string of the molecule is C[C@H]1C(=O)NC[C@@H]1C(=O)Nc1cc(-c2cccc(OC(F)(F)F)c2)n(-c2ccccc2)n1. The zero-order chi connectivity index (χ0) is 22.9. The van der Waals surface area contributed by atoms with Crippen LogP contribution in [0.2, 0.25) is 0 Å². The van der Waals surface area contributed by atoms with E-state index in [9.17, 15) is 22.8 Å². The first-order chi connectivity index (χ1) is 15.2. The van der Waals surface area contributed by atoms with E-state index < -0.39 is 18.2 Å². The highest BCUT2D eigenvalue weighted by atomic mass is 19.4. The lowest BCUT2D eigenvalue weighted by molar-refractivity contribution is -0.274. The molecule has 2 amide bonds. The third-order valence-corrected chi connectivity index (χ3v) is 5.17. The minimum atomic E-state index is -4.82. The predicted octanol–water partition coefficient (Wildman–Crippen LogP) is 3.76. The second-order valence-corrected chi connectivity index (χ2v) is 7.37. The van der Waals surface area contributed by atoms with Crippen molar-refractivity contribution in [1.82, 2.24) is 15.1 Å². The lowest BCUT2D eigenvalue weighted by Gasteiger charge is -2.11. The molecule has 4 rings (SSSR count). The van der Waals surface area contributed by atoms with Crippen LogP contribution in [0.5, 0.6) is 5.75 Å². The summed E-state index contributed by atoms with van der Waals surface area (Å²) in [5.41, 5.74) is 1.51. The number of anilines is 1. The lowest BCUT2D eigenvalue weighted by atomic mass is 9.97. The number of amides is 2. The summed E-state index contributed by atoms with van der Waals surface area (Å²) in [7, 11) is 0. The highest BCUT2D eigenvalue weighted by molar-refractivity contribution is 5.98. The van der Waals surface area contributed by atoms with Crippen molar-refractivity contribution in [2.75, 3.05) is 11.9 Å². The van der Waals surface area contributed by atoms with Gasteiger partial charge in [-0.2, -0.15) is 0 Å². The highest BCUT2D eigenvalue weighted by Gasteiger charge is 2.36. The van der Waals surface area contributed by atoms with Gasteiger partial charge in [-0.05, 0) is 24.3 Å². The molecule has 3 aromatic rings. The van der Waals surface area contributed by atoms with Crippen molar-refractivity contribution in [2.45, 2.75) is 13.3 Å². The zero-order valence-electron chi connectivity index (χ0n) is 16.9. The van der Waals surface area contributed by atoms with Gasteiger partial charge in [0.25, 0.3) is 0 Å². The molecule has 0 unspecified atom stereocenters. The number of para-hydroxylation sites is 1. The molecule has 1 aliphatic rings. The van der Waals surface area contributed by atoms with Gasteiger partial charge in [0.05, 0.1) is 17.3 Å². The number of carbonyl (C=O) groups is 2. The molecule has 2 aromatic carbocycles. The largest absolute Gasteiger partial charge is 0.573 e. The van der Waals surface area contributed by atoms with E-state index >= 15 is 0 Å². The maximum absolute atomic E-state index is 12.7. The number of nitrogens with one attached hydrogen (secondary N) is 2. The van der Waals surface area contributed by atoms with Gasteiger partial charge in [-0.15, -0.1) is 18.3 Å². The van der Waals surface area contributed by atoms with Crippen LogP contribution in [0, 0.1) is 11.8 Å². The van der Waals surface area contributed by atoms with Gasteiger partial charge >= 0.3 is 6.36 Å². The Bertz CT molecular complexity index is 1140. The number of nitrogens with zero attached hydrogens (tertiary/aromatic N) is 2. The molecule has 2 heterocycles. The minimum absolute atomic E-state index is 0.192. The Labute approximate surface area is 181 Å². The molecule has 32 heavy (non-hydrogen) atoms. The second kappa shape index (κ2) is 8.37. The normalized spacial score (nSPS) is 18.3. The van der Waals surface area contributed by atoms with Crippen LogP contribution in [0.4, 0.5) is 19.0 Å². The first-order valence-corrected chi connectivity index (χ1v) is 9.81. The van der Waals surface area contributed by atoms with E-state index in [-0.39, 0.29) is 29.9 Å². The van der Waals surface area contributed by atoms with Gasteiger partial charge < -0.3 is 15.4 Å². The molecule has 7 nitrogen and oxygen atoms in total. The topological polar surface area (TPSA) is 85.3 Å². The molecule has 1 aromatic heterocycles. The number of carbonyl (C=O) groups excluding carboxylic acids is 2. The van der Waals surface area contributed by atoms with Crippen molar-refractivity contribution < 1.29 is 27.5 Å². The highest BCUT2D eigenvalue weighted by Crippen LogP contribution is 2.31. The lowest BCUT2D eigenvalue weighted by Crippen LogP contribution is -2.28. The maximum atomic E-state index is 12.7. The molecule has 166 valence electrons. The fourth-order valence-electron chi connectivity index (χ4n) is 3.54. The Kier molecular flexibility index (Phi) is 5.60. The predicted molar refractivity (Wildman–Crippen MR) is 110 cm³/mol. The van der Waals surface area contributed by atoms with Gasteiger partial charge in [-0.3, -0.25) is 9.59 Å². The van der Waals surface area contributed by atoms with Gasteiger partial charge in [-0.25, -0.2) is 4.68 Å². The van der Waals surface area contributed by atoms with Crippen LogP contribution in [-0.2, 0) is 9.59 Å². The number of alkyl halides is 3. The number of benzene rings is 2. The Balaban J connectivity index is 1.69. The van der Waals surface area contributed by atoms with Crippen LogP contribution < -0.4 is 15.4 Å². The number of rotatable bonds is 5. The minimum Gasteiger partial charge on any atom is -0.406 e. The van der Waals surface area contributed by atoms with Crippen LogP contribution in [0.3, 0.4) is 0 Å². The average Bonchev–Trinajstić information content (AvgIpc) is 3.31. The van der Waals surface area contributed by atoms with E-state index in [1.54, 1.807) is 43.3 Å². The fourth-order valence-corrected chi connectivity index (χ4v) is 3.54. The summed E-state index contributed by atoms with van der Waals surface area (Å²) in [5, 5.41) is 9.79. The molecule has 0 aliphatic carbocycles. The molecular weight excluding hydrogens is 425 g/mol. The summed E-state index contributed by atoms with van der Waals surface area (Å²) in [6.45, 7) is 1.90. The molecule has 1 aliphatic heterocycles. The van der Waals surface area contributed by atoms with Gasteiger partial charge in [0, 0.05) is 24.1 Å². The van der Waals surface area contributed by atoms with E-state index in [0.717, 1.165) is 0 Å². The number of hydrogen-bond acceptors (Lipinski definition) is 4. The fraction of sp³-hybridized carbons (Fsp3) is 0.227. The molecule has 1 saturated heterocycles. The summed E-state index contributed by atoms with van der Waals surface area (Å²) in [4.78, 5) is 24.4. The van der Waals surface area contributed by atoms with Crippen molar-refractivity contribution in [3.8, 4) is 22.7 Å². The molecule has 0 bridgehead atoms. The Morgan fingerprint density at radius 1 is 1.16 bits per heavy atom. The van der Waals surface area contributed by atoms with Crippen molar-refractivity contribution in [3.63, 3.8) is 0 Å². The molecule has 10 heteroatoms.